The number of carbonyl (C=O) groups is 1. The van der Waals surface area contributed by atoms with Crippen molar-refractivity contribution in [3.05, 3.63) is 41.5 Å². The molecule has 1 aliphatic heterocycles. The van der Waals surface area contributed by atoms with Gasteiger partial charge in [0.05, 0.1) is 0 Å². The molecule has 1 aliphatic carbocycles. The van der Waals surface area contributed by atoms with Gasteiger partial charge in [-0.15, -0.1) is 0 Å². The number of hydrogen-bond donors (Lipinski definition) is 2. The smallest absolute Gasteiger partial charge is 0.169 e. The van der Waals surface area contributed by atoms with Gasteiger partial charge in [0.2, 0.25) is 0 Å². The molecule has 0 radical (unpaired) electrons. The molecule has 2 N–H and O–H groups in total. The summed E-state index contributed by atoms with van der Waals surface area (Å²) >= 11 is 0. The second-order valence-electron chi connectivity index (χ2n) is 5.72. The van der Waals surface area contributed by atoms with Crippen LogP contribution < -0.4 is 15.4 Å². The maximum absolute atomic E-state index is 11.4. The molecule has 116 valence electrons. The van der Waals surface area contributed by atoms with Crippen LogP contribution in [0.3, 0.4) is 0 Å². The molecule has 1 aromatic rings. The molecule has 0 saturated carbocycles. The third kappa shape index (κ3) is 2.66. The Morgan fingerprint density at radius 3 is 2.91 bits per heavy atom. The number of hydrogen-bond acceptors (Lipinski definition) is 4. The van der Waals surface area contributed by atoms with Crippen molar-refractivity contribution in [1.82, 2.24) is 5.32 Å². The van der Waals surface area contributed by atoms with E-state index in [1.807, 2.05) is 26.2 Å². The van der Waals surface area contributed by atoms with Crippen molar-refractivity contribution < 1.29 is 9.53 Å². The van der Waals surface area contributed by atoms with E-state index in [9.17, 15) is 4.79 Å². The molecule has 4 nitrogen and oxygen atoms in total. The third-order valence-corrected chi connectivity index (χ3v) is 4.44. The summed E-state index contributed by atoms with van der Waals surface area (Å²) in [4.78, 5) is 11.4. The molecule has 1 heterocycles. The number of fused-ring (bicyclic) bond motifs is 1. The van der Waals surface area contributed by atoms with Crippen LogP contribution in [0.1, 0.15) is 24.8 Å². The van der Waals surface area contributed by atoms with E-state index in [4.69, 9.17) is 4.74 Å². The van der Waals surface area contributed by atoms with E-state index in [-0.39, 0.29) is 12.1 Å². The fourth-order valence-corrected chi connectivity index (χ4v) is 3.25. The van der Waals surface area contributed by atoms with Crippen molar-refractivity contribution in [2.75, 3.05) is 19.4 Å². The van der Waals surface area contributed by atoms with Gasteiger partial charge in [-0.05, 0) is 55.7 Å². The van der Waals surface area contributed by atoms with Gasteiger partial charge in [-0.25, -0.2) is 0 Å². The minimum Gasteiger partial charge on any atom is -0.471 e. The molecule has 2 aliphatic rings. The number of anilines is 1. The molecule has 3 rings (SSSR count). The van der Waals surface area contributed by atoms with Crippen LogP contribution in [0.25, 0.3) is 5.57 Å². The number of likely N-dealkylation sites (N-methyl/N-ethyl adjacent to an activating group) is 1. The first-order valence-electron chi connectivity index (χ1n) is 7.80. The average Bonchev–Trinajstić information content (AvgIpc) is 2.60. The van der Waals surface area contributed by atoms with Gasteiger partial charge in [-0.2, -0.15) is 0 Å². The number of rotatable bonds is 4. The highest BCUT2D eigenvalue weighted by molar-refractivity contribution is 5.85. The van der Waals surface area contributed by atoms with Crippen molar-refractivity contribution in [3.63, 3.8) is 0 Å². The average molecular weight is 298 g/mol. The van der Waals surface area contributed by atoms with Gasteiger partial charge < -0.3 is 10.1 Å². The Bertz CT molecular complexity index is 634. The van der Waals surface area contributed by atoms with Crippen molar-refractivity contribution in [2.45, 2.75) is 25.5 Å². The van der Waals surface area contributed by atoms with Gasteiger partial charge in [-0.1, -0.05) is 6.08 Å². The van der Waals surface area contributed by atoms with Crippen LogP contribution in [0.4, 0.5) is 5.69 Å². The van der Waals surface area contributed by atoms with Gasteiger partial charge in [0.1, 0.15) is 12.0 Å². The first-order valence-corrected chi connectivity index (χ1v) is 7.80. The molecule has 0 bridgehead atoms. The predicted molar refractivity (Wildman–Crippen MR) is 88.9 cm³/mol. The second-order valence-corrected chi connectivity index (χ2v) is 5.72. The third-order valence-electron chi connectivity index (χ3n) is 4.44. The quantitative estimate of drug-likeness (QED) is 0.839. The van der Waals surface area contributed by atoms with Crippen molar-refractivity contribution in [3.8, 4) is 5.75 Å². The molecule has 0 spiro atoms. The number of nitrogens with one attached hydrogen (secondary N) is 2. The summed E-state index contributed by atoms with van der Waals surface area (Å²) in [6.45, 7) is 0. The zero-order chi connectivity index (χ0) is 15.5. The molecule has 2 atom stereocenters. The van der Waals surface area contributed by atoms with Crippen LogP contribution in [-0.4, -0.2) is 26.6 Å². The zero-order valence-electron chi connectivity index (χ0n) is 13.1. The monoisotopic (exact) mass is 298 g/mol. The molecular weight excluding hydrogens is 276 g/mol. The van der Waals surface area contributed by atoms with Crippen molar-refractivity contribution in [2.24, 2.45) is 5.92 Å². The highest BCUT2D eigenvalue weighted by Crippen LogP contribution is 2.42. The van der Waals surface area contributed by atoms with Crippen molar-refractivity contribution in [1.29, 1.82) is 0 Å². The summed E-state index contributed by atoms with van der Waals surface area (Å²) in [7, 11) is 3.77. The van der Waals surface area contributed by atoms with E-state index >= 15 is 0 Å². The summed E-state index contributed by atoms with van der Waals surface area (Å²) in [6.07, 6.45) is 8.16. The lowest BCUT2D eigenvalue weighted by molar-refractivity contribution is -0.105. The lowest BCUT2D eigenvalue weighted by Gasteiger charge is -2.31. The Balaban J connectivity index is 2.05. The van der Waals surface area contributed by atoms with Gasteiger partial charge in [0.25, 0.3) is 0 Å². The van der Waals surface area contributed by atoms with E-state index in [1.165, 1.54) is 5.57 Å². The fraction of sp³-hybridized carbons (Fsp3) is 0.389. The number of aldehydes is 1. The molecule has 0 fully saturated rings. The van der Waals surface area contributed by atoms with Crippen LogP contribution >= 0.6 is 0 Å². The topological polar surface area (TPSA) is 50.4 Å². The highest BCUT2D eigenvalue weighted by Gasteiger charge is 2.28. The van der Waals surface area contributed by atoms with Gasteiger partial charge in [-0.3, -0.25) is 10.1 Å². The minimum atomic E-state index is -0.163. The number of benzene rings is 1. The fourth-order valence-electron chi connectivity index (χ4n) is 3.25. The number of ether oxygens (including phenoxy) is 1. The number of carbonyl (C=O) groups excluding carboxylic acids is 1. The lowest BCUT2D eigenvalue weighted by Crippen LogP contribution is -2.33. The molecule has 2 unspecified atom stereocenters. The highest BCUT2D eigenvalue weighted by atomic mass is 16.5. The zero-order valence-corrected chi connectivity index (χ0v) is 13.1. The molecule has 0 amide bonds. The predicted octanol–water partition coefficient (Wildman–Crippen LogP) is 2.98. The van der Waals surface area contributed by atoms with Crippen LogP contribution in [0.5, 0.6) is 5.75 Å². The van der Waals surface area contributed by atoms with E-state index in [1.54, 1.807) is 0 Å². The maximum Gasteiger partial charge on any atom is 0.169 e. The van der Waals surface area contributed by atoms with Gasteiger partial charge >= 0.3 is 0 Å². The van der Waals surface area contributed by atoms with Crippen LogP contribution in [0.15, 0.2) is 35.9 Å². The van der Waals surface area contributed by atoms with Gasteiger partial charge in [0.15, 0.2) is 6.23 Å². The van der Waals surface area contributed by atoms with Crippen molar-refractivity contribution >= 4 is 17.5 Å². The Morgan fingerprint density at radius 2 is 2.18 bits per heavy atom. The first kappa shape index (κ1) is 14.9. The molecule has 0 aromatic heterocycles. The lowest BCUT2D eigenvalue weighted by atomic mass is 9.79. The van der Waals surface area contributed by atoms with E-state index < -0.39 is 0 Å². The SMILES string of the molecule is CNc1ccc2c(c1)OC(NC)C=C2C1CCCC=C1C=O. The molecule has 1 aromatic carbocycles. The summed E-state index contributed by atoms with van der Waals surface area (Å²) in [5.41, 5.74) is 4.20. The normalized spacial score (nSPS) is 23.7. The van der Waals surface area contributed by atoms with E-state index in [0.29, 0.717) is 0 Å². The van der Waals surface area contributed by atoms with E-state index in [2.05, 4.69) is 28.9 Å². The number of allylic oxidation sites excluding steroid dienone is 3. The largest absolute Gasteiger partial charge is 0.471 e. The summed E-state index contributed by atoms with van der Waals surface area (Å²) in [5, 5.41) is 6.29. The maximum atomic E-state index is 11.4. The standard InChI is InChI=1S/C18H22N2O2/c1-19-13-7-8-15-16(10-18(20-2)22-17(15)9-13)14-6-4-3-5-12(14)11-21/h5,7-11,14,18-20H,3-4,6H2,1-2H3. The molecule has 0 saturated heterocycles. The minimum absolute atomic E-state index is 0.163. The van der Waals surface area contributed by atoms with Crippen LogP contribution in [0, 0.1) is 5.92 Å². The molecular formula is C18H22N2O2. The summed E-state index contributed by atoms with van der Waals surface area (Å²) in [6, 6.07) is 6.14. The summed E-state index contributed by atoms with van der Waals surface area (Å²) in [5.74, 6) is 1.03. The molecule has 4 heteroatoms. The first-order chi connectivity index (χ1) is 10.8. The second kappa shape index (κ2) is 6.36. The molecule has 22 heavy (non-hydrogen) atoms. The van der Waals surface area contributed by atoms with E-state index in [0.717, 1.165) is 48.1 Å². The Hall–Kier alpha value is -2.07. The van der Waals surface area contributed by atoms with Crippen LogP contribution in [0.2, 0.25) is 0 Å². The summed E-state index contributed by atoms with van der Waals surface area (Å²) < 4.78 is 5.98. The van der Waals surface area contributed by atoms with Gasteiger partial charge in [0, 0.05) is 30.3 Å². The Morgan fingerprint density at radius 1 is 1.32 bits per heavy atom. The Kier molecular flexibility index (Phi) is 4.29. The Labute approximate surface area is 131 Å². The van der Waals surface area contributed by atoms with Crippen LogP contribution in [-0.2, 0) is 4.79 Å².